The van der Waals surface area contributed by atoms with Gasteiger partial charge in [-0.15, -0.1) is 0 Å². The summed E-state index contributed by atoms with van der Waals surface area (Å²) in [5, 5.41) is 0. The summed E-state index contributed by atoms with van der Waals surface area (Å²) in [6.07, 6.45) is 0. The van der Waals surface area contributed by atoms with Crippen LogP contribution in [0.1, 0.15) is 19.4 Å². The van der Waals surface area contributed by atoms with Crippen molar-refractivity contribution in [1.82, 2.24) is 4.90 Å². The third kappa shape index (κ3) is 4.23. The molecule has 0 fully saturated rings. The van der Waals surface area contributed by atoms with Crippen LogP contribution in [0.5, 0.6) is 0 Å². The first kappa shape index (κ1) is 13.0. The van der Waals surface area contributed by atoms with Gasteiger partial charge in [-0.1, -0.05) is 28.1 Å². The number of benzene rings is 1. The zero-order chi connectivity index (χ0) is 12.1. The standard InChI is InChI=1S/C12H18BrN3/c1-9(2)15-12(14)16(3)8-10-4-6-11(13)7-5-10/h4-7,9H,8H2,1-3H3,(H2,14,15). The van der Waals surface area contributed by atoms with E-state index in [-0.39, 0.29) is 6.04 Å². The van der Waals surface area contributed by atoms with Gasteiger partial charge in [0.05, 0.1) is 0 Å². The minimum Gasteiger partial charge on any atom is -0.370 e. The van der Waals surface area contributed by atoms with Crippen molar-refractivity contribution in [2.75, 3.05) is 7.05 Å². The highest BCUT2D eigenvalue weighted by Crippen LogP contribution is 2.11. The lowest BCUT2D eigenvalue weighted by molar-refractivity contribution is 0.489. The minimum absolute atomic E-state index is 0.229. The fraction of sp³-hybridized carbons (Fsp3) is 0.417. The lowest BCUT2D eigenvalue weighted by Crippen LogP contribution is -2.34. The zero-order valence-electron chi connectivity index (χ0n) is 9.94. The van der Waals surface area contributed by atoms with Crippen molar-refractivity contribution in [3.8, 4) is 0 Å². The molecule has 0 amide bonds. The van der Waals surface area contributed by atoms with Crippen LogP contribution in [0.2, 0.25) is 0 Å². The SMILES string of the molecule is CC(C)N=C(N)N(C)Cc1ccc(Br)cc1. The Morgan fingerprint density at radius 2 is 1.94 bits per heavy atom. The molecule has 0 spiro atoms. The van der Waals surface area contributed by atoms with Crippen molar-refractivity contribution in [3.63, 3.8) is 0 Å². The summed E-state index contributed by atoms with van der Waals surface area (Å²) in [7, 11) is 1.95. The van der Waals surface area contributed by atoms with Gasteiger partial charge in [0, 0.05) is 24.1 Å². The number of rotatable bonds is 3. The van der Waals surface area contributed by atoms with Gasteiger partial charge in [0.1, 0.15) is 0 Å². The fourth-order valence-corrected chi connectivity index (χ4v) is 1.57. The monoisotopic (exact) mass is 283 g/mol. The van der Waals surface area contributed by atoms with E-state index in [2.05, 4.69) is 33.1 Å². The Hall–Kier alpha value is -1.03. The van der Waals surface area contributed by atoms with E-state index < -0.39 is 0 Å². The second-order valence-corrected chi connectivity index (χ2v) is 4.98. The maximum atomic E-state index is 5.86. The summed E-state index contributed by atoms with van der Waals surface area (Å²) in [6.45, 7) is 4.80. The van der Waals surface area contributed by atoms with Crippen LogP contribution < -0.4 is 5.73 Å². The van der Waals surface area contributed by atoms with Gasteiger partial charge in [0.25, 0.3) is 0 Å². The zero-order valence-corrected chi connectivity index (χ0v) is 11.5. The lowest BCUT2D eigenvalue weighted by Gasteiger charge is -2.18. The molecule has 88 valence electrons. The van der Waals surface area contributed by atoms with Crippen LogP contribution in [0.4, 0.5) is 0 Å². The summed E-state index contributed by atoms with van der Waals surface area (Å²) in [6, 6.07) is 8.43. The first-order chi connectivity index (χ1) is 7.49. The molecule has 0 radical (unpaired) electrons. The second kappa shape index (κ2) is 5.89. The molecule has 1 rings (SSSR count). The summed E-state index contributed by atoms with van der Waals surface area (Å²) >= 11 is 3.41. The van der Waals surface area contributed by atoms with Crippen LogP contribution in [-0.2, 0) is 6.54 Å². The third-order valence-electron chi connectivity index (χ3n) is 2.11. The highest BCUT2D eigenvalue weighted by atomic mass is 79.9. The molecule has 0 aliphatic heterocycles. The lowest BCUT2D eigenvalue weighted by atomic mass is 10.2. The van der Waals surface area contributed by atoms with Gasteiger partial charge in [-0.3, -0.25) is 4.99 Å². The highest BCUT2D eigenvalue weighted by molar-refractivity contribution is 9.10. The summed E-state index contributed by atoms with van der Waals surface area (Å²) in [5.74, 6) is 0.581. The molecular weight excluding hydrogens is 266 g/mol. The molecule has 0 heterocycles. The Kier molecular flexibility index (Phi) is 4.80. The molecule has 4 heteroatoms. The Morgan fingerprint density at radius 3 is 2.44 bits per heavy atom. The Balaban J connectivity index is 2.64. The van der Waals surface area contributed by atoms with Crippen LogP contribution >= 0.6 is 15.9 Å². The Morgan fingerprint density at radius 1 is 1.38 bits per heavy atom. The maximum Gasteiger partial charge on any atom is 0.191 e. The van der Waals surface area contributed by atoms with Crippen molar-refractivity contribution in [1.29, 1.82) is 0 Å². The van der Waals surface area contributed by atoms with E-state index in [1.165, 1.54) is 5.56 Å². The molecule has 0 aliphatic rings. The number of aliphatic imine (C=N–C) groups is 1. The Bertz CT molecular complexity index is 357. The molecule has 0 aromatic heterocycles. The number of nitrogens with zero attached hydrogens (tertiary/aromatic N) is 2. The number of hydrogen-bond donors (Lipinski definition) is 1. The van der Waals surface area contributed by atoms with Gasteiger partial charge in [-0.25, -0.2) is 0 Å². The van der Waals surface area contributed by atoms with Crippen molar-refractivity contribution in [3.05, 3.63) is 34.3 Å². The smallest absolute Gasteiger partial charge is 0.191 e. The van der Waals surface area contributed by atoms with Crippen LogP contribution in [0, 0.1) is 0 Å². The Labute approximate surface area is 105 Å². The molecule has 0 bridgehead atoms. The molecule has 0 aliphatic carbocycles. The summed E-state index contributed by atoms with van der Waals surface area (Å²) in [4.78, 5) is 6.25. The predicted molar refractivity (Wildman–Crippen MR) is 72.4 cm³/mol. The molecule has 0 saturated carbocycles. The van der Waals surface area contributed by atoms with Crippen molar-refractivity contribution < 1.29 is 0 Å². The van der Waals surface area contributed by atoms with Gasteiger partial charge in [-0.05, 0) is 31.5 Å². The van der Waals surface area contributed by atoms with E-state index in [0.29, 0.717) is 5.96 Å². The van der Waals surface area contributed by atoms with E-state index in [1.54, 1.807) is 0 Å². The highest BCUT2D eigenvalue weighted by Gasteiger charge is 2.03. The van der Waals surface area contributed by atoms with E-state index in [1.807, 2.05) is 37.9 Å². The maximum absolute atomic E-state index is 5.86. The van der Waals surface area contributed by atoms with Gasteiger partial charge in [-0.2, -0.15) is 0 Å². The largest absolute Gasteiger partial charge is 0.370 e. The number of hydrogen-bond acceptors (Lipinski definition) is 1. The molecule has 0 unspecified atom stereocenters. The first-order valence-corrected chi connectivity index (χ1v) is 6.07. The van der Waals surface area contributed by atoms with Crippen molar-refractivity contribution in [2.45, 2.75) is 26.4 Å². The number of guanidine groups is 1. The molecule has 16 heavy (non-hydrogen) atoms. The normalized spacial score (nSPS) is 11.9. The van der Waals surface area contributed by atoms with Crippen molar-refractivity contribution in [2.24, 2.45) is 10.7 Å². The average molecular weight is 284 g/mol. The molecule has 1 aromatic carbocycles. The molecular formula is C12H18BrN3. The number of nitrogens with two attached hydrogens (primary N) is 1. The van der Waals surface area contributed by atoms with Gasteiger partial charge in [0.15, 0.2) is 5.96 Å². The average Bonchev–Trinajstić information content (AvgIpc) is 2.20. The van der Waals surface area contributed by atoms with Gasteiger partial charge >= 0.3 is 0 Å². The molecule has 0 saturated heterocycles. The molecule has 1 aromatic rings. The molecule has 2 N–H and O–H groups in total. The minimum atomic E-state index is 0.229. The third-order valence-corrected chi connectivity index (χ3v) is 2.64. The predicted octanol–water partition coefficient (Wildman–Crippen LogP) is 2.60. The van der Waals surface area contributed by atoms with Crippen LogP contribution in [0.25, 0.3) is 0 Å². The van der Waals surface area contributed by atoms with Crippen LogP contribution in [0.15, 0.2) is 33.7 Å². The van der Waals surface area contributed by atoms with Crippen LogP contribution in [-0.4, -0.2) is 23.9 Å². The fourth-order valence-electron chi connectivity index (χ4n) is 1.31. The number of halogens is 1. The van der Waals surface area contributed by atoms with Gasteiger partial charge < -0.3 is 10.6 Å². The van der Waals surface area contributed by atoms with Crippen LogP contribution in [0.3, 0.4) is 0 Å². The van der Waals surface area contributed by atoms with E-state index in [9.17, 15) is 0 Å². The topological polar surface area (TPSA) is 41.6 Å². The van der Waals surface area contributed by atoms with E-state index >= 15 is 0 Å². The van der Waals surface area contributed by atoms with Gasteiger partial charge in [0.2, 0.25) is 0 Å². The quantitative estimate of drug-likeness (QED) is 0.684. The summed E-state index contributed by atoms with van der Waals surface area (Å²) < 4.78 is 1.09. The molecule has 0 atom stereocenters. The summed E-state index contributed by atoms with van der Waals surface area (Å²) in [5.41, 5.74) is 7.08. The van der Waals surface area contributed by atoms with E-state index in [4.69, 9.17) is 5.73 Å². The van der Waals surface area contributed by atoms with E-state index in [0.717, 1.165) is 11.0 Å². The second-order valence-electron chi connectivity index (χ2n) is 4.06. The molecule has 3 nitrogen and oxygen atoms in total. The first-order valence-electron chi connectivity index (χ1n) is 5.28. The van der Waals surface area contributed by atoms with Crippen molar-refractivity contribution >= 4 is 21.9 Å².